The van der Waals surface area contributed by atoms with Crippen molar-refractivity contribution >= 4 is 15.7 Å². The molecule has 0 radical (unpaired) electrons. The van der Waals surface area contributed by atoms with Crippen molar-refractivity contribution in [3.05, 3.63) is 59.7 Å². The van der Waals surface area contributed by atoms with Crippen LogP contribution in [0.2, 0.25) is 0 Å². The molecule has 0 aromatic heterocycles. The minimum Gasteiger partial charge on any atom is -0.497 e. The van der Waals surface area contributed by atoms with Gasteiger partial charge >= 0.3 is 0 Å². The number of methoxy groups -OCH3 is 1. The zero-order chi connectivity index (χ0) is 15.3. The normalized spacial score (nSPS) is 11.3. The molecule has 0 unspecified atom stereocenters. The first-order valence-electron chi connectivity index (χ1n) is 6.43. The van der Waals surface area contributed by atoms with Gasteiger partial charge in [0.25, 0.3) is 0 Å². The first kappa shape index (κ1) is 15.3. The summed E-state index contributed by atoms with van der Waals surface area (Å²) >= 11 is 0. The molecule has 0 saturated carbocycles. The third-order valence-electron chi connectivity index (χ3n) is 2.94. The van der Waals surface area contributed by atoms with E-state index in [0.29, 0.717) is 17.0 Å². The first-order valence-corrected chi connectivity index (χ1v) is 8.08. The van der Waals surface area contributed by atoms with Crippen molar-refractivity contribution in [2.75, 3.05) is 12.8 Å². The van der Waals surface area contributed by atoms with Crippen LogP contribution in [0.4, 0.5) is 5.69 Å². The van der Waals surface area contributed by atoms with Crippen molar-refractivity contribution in [2.24, 2.45) is 0 Å². The molecule has 0 spiro atoms. The van der Waals surface area contributed by atoms with Crippen molar-refractivity contribution in [3.8, 4) is 5.75 Å². The van der Waals surface area contributed by atoms with Crippen LogP contribution >= 0.6 is 0 Å². The molecule has 3 N–H and O–H groups in total. The SMILES string of the molecule is COc1cccc(CNS(=O)(=O)Cc2cccc(N)c2)c1. The highest BCUT2D eigenvalue weighted by molar-refractivity contribution is 7.88. The van der Waals surface area contributed by atoms with Gasteiger partial charge in [0.05, 0.1) is 12.9 Å². The lowest BCUT2D eigenvalue weighted by atomic mass is 10.2. The van der Waals surface area contributed by atoms with Crippen LogP contribution in [-0.2, 0) is 22.3 Å². The number of hydrogen-bond acceptors (Lipinski definition) is 4. The molecule has 2 rings (SSSR count). The van der Waals surface area contributed by atoms with E-state index in [9.17, 15) is 8.42 Å². The van der Waals surface area contributed by atoms with Crippen molar-refractivity contribution in [1.82, 2.24) is 4.72 Å². The highest BCUT2D eigenvalue weighted by atomic mass is 32.2. The fraction of sp³-hybridized carbons (Fsp3) is 0.200. The van der Waals surface area contributed by atoms with Gasteiger partial charge in [0.1, 0.15) is 5.75 Å². The standard InChI is InChI=1S/C15H18N2O3S/c1-20-15-7-3-4-12(9-15)10-17-21(18,19)11-13-5-2-6-14(16)8-13/h2-9,17H,10-11,16H2,1H3. The largest absolute Gasteiger partial charge is 0.497 e. The molecule has 0 saturated heterocycles. The Morgan fingerprint density at radius 1 is 1.10 bits per heavy atom. The Balaban J connectivity index is 2.01. The molecule has 5 nitrogen and oxygen atoms in total. The molecule has 0 aliphatic rings. The maximum atomic E-state index is 12.1. The molecular weight excluding hydrogens is 288 g/mol. The van der Waals surface area contributed by atoms with Crippen molar-refractivity contribution in [3.63, 3.8) is 0 Å². The lowest BCUT2D eigenvalue weighted by Crippen LogP contribution is -2.24. The van der Waals surface area contributed by atoms with E-state index in [1.165, 1.54) is 0 Å². The van der Waals surface area contributed by atoms with E-state index in [4.69, 9.17) is 10.5 Å². The molecular formula is C15H18N2O3S. The number of hydrogen-bond donors (Lipinski definition) is 2. The van der Waals surface area contributed by atoms with Gasteiger partial charge in [0.15, 0.2) is 0 Å². The van der Waals surface area contributed by atoms with E-state index < -0.39 is 10.0 Å². The summed E-state index contributed by atoms with van der Waals surface area (Å²) in [7, 11) is -1.84. The van der Waals surface area contributed by atoms with Gasteiger partial charge in [-0.15, -0.1) is 0 Å². The molecule has 112 valence electrons. The topological polar surface area (TPSA) is 81.4 Å². The van der Waals surface area contributed by atoms with Crippen LogP contribution in [0, 0.1) is 0 Å². The van der Waals surface area contributed by atoms with Gasteiger partial charge in [-0.2, -0.15) is 0 Å². The number of benzene rings is 2. The minimum atomic E-state index is -3.42. The van der Waals surface area contributed by atoms with Gasteiger partial charge in [-0.05, 0) is 35.4 Å². The second kappa shape index (κ2) is 6.60. The van der Waals surface area contributed by atoms with Crippen molar-refractivity contribution in [1.29, 1.82) is 0 Å². The number of rotatable bonds is 6. The molecule has 0 atom stereocenters. The molecule has 2 aromatic carbocycles. The van der Waals surface area contributed by atoms with Gasteiger partial charge in [-0.3, -0.25) is 0 Å². The number of anilines is 1. The molecule has 0 aliphatic heterocycles. The molecule has 0 bridgehead atoms. The Morgan fingerprint density at radius 2 is 1.81 bits per heavy atom. The van der Waals surface area contributed by atoms with E-state index in [-0.39, 0.29) is 12.3 Å². The van der Waals surface area contributed by atoms with E-state index in [0.717, 1.165) is 5.56 Å². The highest BCUT2D eigenvalue weighted by Gasteiger charge is 2.11. The predicted octanol–water partition coefficient (Wildman–Crippen LogP) is 1.90. The Bertz CT molecular complexity index is 714. The molecule has 0 aliphatic carbocycles. The molecule has 6 heteroatoms. The summed E-state index contributed by atoms with van der Waals surface area (Å²) in [5.74, 6) is 0.602. The van der Waals surface area contributed by atoms with Gasteiger partial charge in [0.2, 0.25) is 10.0 Å². The minimum absolute atomic E-state index is 0.0952. The maximum Gasteiger partial charge on any atom is 0.216 e. The van der Waals surface area contributed by atoms with Crippen molar-refractivity contribution < 1.29 is 13.2 Å². The lowest BCUT2D eigenvalue weighted by molar-refractivity contribution is 0.414. The van der Waals surface area contributed by atoms with E-state index in [2.05, 4.69) is 4.72 Å². The molecule has 2 aromatic rings. The third-order valence-corrected chi connectivity index (χ3v) is 4.24. The highest BCUT2D eigenvalue weighted by Crippen LogP contribution is 2.13. The zero-order valence-corrected chi connectivity index (χ0v) is 12.6. The smallest absolute Gasteiger partial charge is 0.216 e. The number of nitrogens with two attached hydrogens (primary N) is 1. The van der Waals surface area contributed by atoms with E-state index in [1.807, 2.05) is 18.2 Å². The summed E-state index contributed by atoms with van der Waals surface area (Å²) in [5.41, 5.74) is 7.70. The quantitative estimate of drug-likeness (QED) is 0.799. The van der Waals surface area contributed by atoms with Crippen LogP contribution in [0.15, 0.2) is 48.5 Å². The maximum absolute atomic E-state index is 12.1. The molecule has 0 heterocycles. The zero-order valence-electron chi connectivity index (χ0n) is 11.7. The molecule has 0 fully saturated rings. The summed E-state index contributed by atoms with van der Waals surface area (Å²) in [4.78, 5) is 0. The van der Waals surface area contributed by atoms with Gasteiger partial charge in [-0.1, -0.05) is 24.3 Å². The van der Waals surface area contributed by atoms with Gasteiger partial charge in [-0.25, -0.2) is 13.1 Å². The Hall–Kier alpha value is -2.05. The first-order chi connectivity index (χ1) is 9.98. The average molecular weight is 306 g/mol. The van der Waals surface area contributed by atoms with Crippen molar-refractivity contribution in [2.45, 2.75) is 12.3 Å². The third kappa shape index (κ3) is 4.77. The predicted molar refractivity (Wildman–Crippen MR) is 83.3 cm³/mol. The van der Waals surface area contributed by atoms with Crippen LogP contribution in [0.5, 0.6) is 5.75 Å². The Labute approximate surface area is 124 Å². The fourth-order valence-electron chi connectivity index (χ4n) is 1.93. The average Bonchev–Trinajstić information content (AvgIpc) is 2.45. The summed E-state index contributed by atoms with van der Waals surface area (Å²) in [5, 5.41) is 0. The van der Waals surface area contributed by atoms with E-state index >= 15 is 0 Å². The van der Waals surface area contributed by atoms with Gasteiger partial charge < -0.3 is 10.5 Å². The fourth-order valence-corrected chi connectivity index (χ4v) is 3.04. The monoisotopic (exact) mass is 306 g/mol. The second-order valence-electron chi connectivity index (χ2n) is 4.68. The summed E-state index contributed by atoms with van der Waals surface area (Å²) in [6.07, 6.45) is 0. The Morgan fingerprint density at radius 3 is 2.52 bits per heavy atom. The van der Waals surface area contributed by atoms with Crippen LogP contribution in [0.1, 0.15) is 11.1 Å². The lowest BCUT2D eigenvalue weighted by Gasteiger charge is -2.08. The summed E-state index contributed by atoms with van der Waals surface area (Å²) in [6, 6.07) is 14.1. The van der Waals surface area contributed by atoms with Crippen LogP contribution in [0.25, 0.3) is 0 Å². The number of nitrogen functional groups attached to an aromatic ring is 1. The summed E-state index contributed by atoms with van der Waals surface area (Å²) < 4.78 is 31.8. The number of ether oxygens (including phenoxy) is 1. The van der Waals surface area contributed by atoms with Crippen LogP contribution in [-0.4, -0.2) is 15.5 Å². The summed E-state index contributed by atoms with van der Waals surface area (Å²) in [6.45, 7) is 0.224. The van der Waals surface area contributed by atoms with Crippen LogP contribution < -0.4 is 15.2 Å². The molecule has 21 heavy (non-hydrogen) atoms. The van der Waals surface area contributed by atoms with E-state index in [1.54, 1.807) is 37.4 Å². The second-order valence-corrected chi connectivity index (χ2v) is 6.48. The number of nitrogens with one attached hydrogen (secondary N) is 1. The number of sulfonamides is 1. The van der Waals surface area contributed by atoms with Crippen LogP contribution in [0.3, 0.4) is 0 Å². The van der Waals surface area contributed by atoms with Gasteiger partial charge in [0, 0.05) is 12.2 Å². The Kier molecular flexibility index (Phi) is 4.82. The molecule has 0 amide bonds.